The third kappa shape index (κ3) is 2.54. The van der Waals surface area contributed by atoms with Crippen molar-refractivity contribution < 1.29 is 17.9 Å². The molecule has 8 heteroatoms. The molecule has 0 spiro atoms. The Labute approximate surface area is 121 Å². The van der Waals surface area contributed by atoms with Gasteiger partial charge in [-0.15, -0.1) is 5.10 Å². The van der Waals surface area contributed by atoms with Gasteiger partial charge in [-0.05, 0) is 19.1 Å². The average molecular weight is 307 g/mol. The fraction of sp³-hybridized carbons (Fsp3) is 0.308. The third-order valence-electron chi connectivity index (χ3n) is 3.29. The number of rotatable bonds is 4. The van der Waals surface area contributed by atoms with E-state index in [1.807, 2.05) is 6.92 Å². The summed E-state index contributed by atoms with van der Waals surface area (Å²) in [5.41, 5.74) is 0.973. The van der Waals surface area contributed by atoms with E-state index >= 15 is 0 Å². The fourth-order valence-electron chi connectivity index (χ4n) is 1.95. The lowest BCUT2D eigenvalue weighted by Crippen LogP contribution is -2.37. The molecule has 1 fully saturated rings. The summed E-state index contributed by atoms with van der Waals surface area (Å²) in [6.07, 6.45) is 1.33. The topological polar surface area (TPSA) is 91.2 Å². The minimum absolute atomic E-state index is 0.126. The molecule has 2 aromatic rings. The van der Waals surface area contributed by atoms with Crippen molar-refractivity contribution in [2.75, 3.05) is 6.61 Å². The van der Waals surface area contributed by atoms with E-state index in [4.69, 9.17) is 0 Å². The Kier molecular flexibility index (Phi) is 3.25. The first-order valence-corrected chi connectivity index (χ1v) is 7.83. The van der Waals surface area contributed by atoms with Crippen molar-refractivity contribution >= 4 is 15.8 Å². The van der Waals surface area contributed by atoms with Crippen LogP contribution in [0.15, 0.2) is 40.4 Å². The maximum atomic E-state index is 12.4. The van der Waals surface area contributed by atoms with Crippen molar-refractivity contribution in [3.05, 3.63) is 36.0 Å². The molecule has 1 aliphatic heterocycles. The highest BCUT2D eigenvalue weighted by atomic mass is 32.2. The lowest BCUT2D eigenvalue weighted by atomic mass is 10.1. The summed E-state index contributed by atoms with van der Waals surface area (Å²) in [5, 5.41) is 7.33. The number of esters is 1. The molecule has 1 saturated heterocycles. The zero-order valence-corrected chi connectivity index (χ0v) is 12.1. The number of aryl methyl sites for hydroxylation is 1. The van der Waals surface area contributed by atoms with Gasteiger partial charge in [0.2, 0.25) is 14.9 Å². The second-order valence-electron chi connectivity index (χ2n) is 4.92. The summed E-state index contributed by atoms with van der Waals surface area (Å²) in [5.74, 6) is -0.574. The van der Waals surface area contributed by atoms with E-state index in [2.05, 4.69) is 15.0 Å². The molecule has 110 valence electrons. The Morgan fingerprint density at radius 3 is 2.62 bits per heavy atom. The SMILES string of the molecule is Cc1ccc(S(=O)(=O)c2cn(CC3COC3=O)nn2)cc1. The Balaban J connectivity index is 1.84. The number of sulfone groups is 1. The lowest BCUT2D eigenvalue weighted by Gasteiger charge is -2.23. The van der Waals surface area contributed by atoms with Crippen molar-refractivity contribution in [1.29, 1.82) is 0 Å². The van der Waals surface area contributed by atoms with Crippen molar-refractivity contribution in [2.45, 2.75) is 23.4 Å². The van der Waals surface area contributed by atoms with Crippen LogP contribution in [0, 0.1) is 12.8 Å². The van der Waals surface area contributed by atoms with E-state index in [-0.39, 0.29) is 28.4 Å². The van der Waals surface area contributed by atoms with E-state index in [9.17, 15) is 13.2 Å². The van der Waals surface area contributed by atoms with E-state index in [0.29, 0.717) is 6.61 Å². The third-order valence-corrected chi connectivity index (χ3v) is 4.92. The van der Waals surface area contributed by atoms with Crippen LogP contribution in [0.1, 0.15) is 5.56 Å². The molecule has 0 N–H and O–H groups in total. The van der Waals surface area contributed by atoms with E-state index in [1.165, 1.54) is 23.0 Å². The maximum Gasteiger partial charge on any atom is 0.314 e. The quantitative estimate of drug-likeness (QED) is 0.768. The van der Waals surface area contributed by atoms with Gasteiger partial charge in [-0.25, -0.2) is 8.42 Å². The number of benzene rings is 1. The van der Waals surface area contributed by atoms with Gasteiger partial charge in [0.25, 0.3) is 0 Å². The van der Waals surface area contributed by atoms with Crippen LogP contribution in [0.5, 0.6) is 0 Å². The normalized spacial score (nSPS) is 18.1. The van der Waals surface area contributed by atoms with E-state index in [0.717, 1.165) is 5.56 Å². The van der Waals surface area contributed by atoms with Crippen molar-refractivity contribution in [3.8, 4) is 0 Å². The number of ether oxygens (including phenoxy) is 1. The minimum Gasteiger partial charge on any atom is -0.464 e. The monoisotopic (exact) mass is 307 g/mol. The van der Waals surface area contributed by atoms with E-state index < -0.39 is 9.84 Å². The average Bonchev–Trinajstić information content (AvgIpc) is 2.93. The summed E-state index contributed by atoms with van der Waals surface area (Å²) in [6.45, 7) is 2.48. The van der Waals surface area contributed by atoms with Crippen LogP contribution in [-0.4, -0.2) is 36.0 Å². The van der Waals surface area contributed by atoms with Crippen LogP contribution in [0.2, 0.25) is 0 Å². The fourth-order valence-corrected chi connectivity index (χ4v) is 3.09. The van der Waals surface area contributed by atoms with Gasteiger partial charge < -0.3 is 4.74 Å². The van der Waals surface area contributed by atoms with Gasteiger partial charge in [0.05, 0.1) is 17.6 Å². The van der Waals surface area contributed by atoms with Gasteiger partial charge in [-0.2, -0.15) is 0 Å². The number of carbonyl (C=O) groups is 1. The highest BCUT2D eigenvalue weighted by molar-refractivity contribution is 7.91. The van der Waals surface area contributed by atoms with Crippen LogP contribution in [-0.2, 0) is 25.9 Å². The maximum absolute atomic E-state index is 12.4. The van der Waals surface area contributed by atoms with E-state index in [1.54, 1.807) is 12.1 Å². The van der Waals surface area contributed by atoms with Crippen molar-refractivity contribution in [3.63, 3.8) is 0 Å². The molecule has 0 bridgehead atoms. The van der Waals surface area contributed by atoms with Crippen molar-refractivity contribution in [1.82, 2.24) is 15.0 Å². The van der Waals surface area contributed by atoms with Crippen LogP contribution in [0.25, 0.3) is 0 Å². The molecule has 0 amide bonds. The van der Waals surface area contributed by atoms with Gasteiger partial charge in [0.1, 0.15) is 12.5 Å². The van der Waals surface area contributed by atoms with Gasteiger partial charge in [0, 0.05) is 0 Å². The van der Waals surface area contributed by atoms with Gasteiger partial charge in [-0.1, -0.05) is 22.9 Å². The molecule has 21 heavy (non-hydrogen) atoms. The summed E-state index contributed by atoms with van der Waals surface area (Å²) in [4.78, 5) is 11.3. The Morgan fingerprint density at radius 2 is 2.05 bits per heavy atom. The predicted octanol–water partition coefficient (Wildman–Crippen LogP) is 0.592. The number of aromatic nitrogens is 3. The van der Waals surface area contributed by atoms with Crippen LogP contribution in [0.3, 0.4) is 0 Å². The molecule has 3 rings (SSSR count). The van der Waals surface area contributed by atoms with Crippen molar-refractivity contribution in [2.24, 2.45) is 5.92 Å². The molecule has 2 heterocycles. The first-order valence-electron chi connectivity index (χ1n) is 6.35. The van der Waals surface area contributed by atoms with Crippen LogP contribution < -0.4 is 0 Å². The molecule has 1 unspecified atom stereocenters. The number of hydrogen-bond acceptors (Lipinski definition) is 6. The van der Waals surface area contributed by atoms with Crippen LogP contribution >= 0.6 is 0 Å². The Bertz CT molecular complexity index is 780. The highest BCUT2D eigenvalue weighted by Crippen LogP contribution is 2.20. The summed E-state index contributed by atoms with van der Waals surface area (Å²) in [7, 11) is -3.68. The molecule has 7 nitrogen and oxygen atoms in total. The second kappa shape index (κ2) is 4.96. The number of hydrogen-bond donors (Lipinski definition) is 0. The minimum atomic E-state index is -3.68. The first kappa shape index (κ1) is 13.7. The summed E-state index contributed by atoms with van der Waals surface area (Å²) in [6, 6.07) is 6.52. The molecular weight excluding hydrogens is 294 g/mol. The summed E-state index contributed by atoms with van der Waals surface area (Å²) < 4.78 is 30.8. The molecule has 0 aliphatic carbocycles. The summed E-state index contributed by atoms with van der Waals surface area (Å²) >= 11 is 0. The lowest BCUT2D eigenvalue weighted by molar-refractivity contribution is -0.169. The van der Waals surface area contributed by atoms with Crippen LogP contribution in [0.4, 0.5) is 0 Å². The molecule has 0 saturated carbocycles. The Morgan fingerprint density at radius 1 is 1.33 bits per heavy atom. The van der Waals surface area contributed by atoms with Gasteiger partial charge in [-0.3, -0.25) is 9.48 Å². The molecule has 1 aliphatic rings. The molecular formula is C13H13N3O4S. The molecule has 1 aromatic heterocycles. The first-order chi connectivity index (χ1) is 9.96. The zero-order chi connectivity index (χ0) is 15.0. The smallest absolute Gasteiger partial charge is 0.314 e. The largest absolute Gasteiger partial charge is 0.464 e. The van der Waals surface area contributed by atoms with Gasteiger partial charge in [0.15, 0.2) is 0 Å². The second-order valence-corrected chi connectivity index (χ2v) is 6.82. The molecule has 1 atom stereocenters. The number of cyclic esters (lactones) is 1. The highest BCUT2D eigenvalue weighted by Gasteiger charge is 2.32. The number of nitrogens with zero attached hydrogens (tertiary/aromatic N) is 3. The van der Waals surface area contributed by atoms with Gasteiger partial charge >= 0.3 is 5.97 Å². The number of carbonyl (C=O) groups excluding carboxylic acids is 1. The molecule has 0 radical (unpaired) electrons. The molecule has 1 aromatic carbocycles. The zero-order valence-electron chi connectivity index (χ0n) is 11.3. The predicted molar refractivity (Wildman–Crippen MR) is 71.1 cm³/mol. The standard InChI is InChI=1S/C13H13N3O4S/c1-9-2-4-11(5-3-9)21(18,19)12-7-16(15-14-12)6-10-8-20-13(10)17/h2-5,7,10H,6,8H2,1H3. The Hall–Kier alpha value is -2.22.